The molecule has 0 atom stereocenters. The monoisotopic (exact) mass is 351 g/mol. The highest BCUT2D eigenvalue weighted by Crippen LogP contribution is 2.27. The van der Waals surface area contributed by atoms with Crippen LogP contribution in [-0.2, 0) is 0 Å². The van der Waals surface area contributed by atoms with Crippen LogP contribution >= 0.6 is 45.7 Å². The van der Waals surface area contributed by atoms with Crippen molar-refractivity contribution < 1.29 is 0 Å². The summed E-state index contributed by atoms with van der Waals surface area (Å²) in [6.45, 7) is 0. The molecule has 1 aliphatic carbocycles. The van der Waals surface area contributed by atoms with Crippen LogP contribution in [0.2, 0.25) is 0 Å². The lowest BCUT2D eigenvalue weighted by molar-refractivity contribution is 0.386. The van der Waals surface area contributed by atoms with Crippen molar-refractivity contribution in [2.45, 2.75) is 38.1 Å². The zero-order valence-electron chi connectivity index (χ0n) is 5.32. The maximum atomic E-state index is 2.38. The Bertz CT molecular complexity index is 79.1. The molecule has 1 aliphatic rings. The van der Waals surface area contributed by atoms with Crippen molar-refractivity contribution in [3.8, 4) is 0 Å². The van der Waals surface area contributed by atoms with Crippen LogP contribution in [0.5, 0.6) is 0 Å². The summed E-state index contributed by atoms with van der Waals surface area (Å²) < 4.78 is 2.30. The van der Waals surface area contributed by atoms with Crippen molar-refractivity contribution in [1.29, 1.82) is 0 Å². The van der Waals surface area contributed by atoms with Gasteiger partial charge in [-0.2, -0.15) is 1.33 Å². The van der Waals surface area contributed by atoms with Gasteiger partial charge < -0.3 is 0 Å². The molecule has 54 valence electrons. The first-order chi connectivity index (χ1) is 4.30. The molecule has 1 rings (SSSR count). The van der Waals surface area contributed by atoms with E-state index in [2.05, 4.69) is 47.1 Å². The first kappa shape index (κ1) is 8.52. The molecule has 1 fully saturated rings. The van der Waals surface area contributed by atoms with E-state index in [-0.39, 0.29) is 0 Å². The van der Waals surface area contributed by atoms with Crippen LogP contribution < -0.4 is 0 Å². The first-order valence-corrected chi connectivity index (χ1v) is 5.34. The van der Waals surface area contributed by atoms with Gasteiger partial charge in [0.05, 0.1) is 0 Å². The van der Waals surface area contributed by atoms with Gasteiger partial charge in [0.25, 0.3) is 0 Å². The van der Waals surface area contributed by atoms with E-state index in [1.54, 1.807) is 0 Å². The molecule has 0 N–H and O–H groups in total. The fourth-order valence-electron chi connectivity index (χ4n) is 1.28. The lowest BCUT2D eigenvalue weighted by Gasteiger charge is -2.24. The summed E-state index contributed by atoms with van der Waals surface area (Å²) in [5, 5.41) is 0. The van der Waals surface area contributed by atoms with E-state index in [1.807, 2.05) is 0 Å². The highest BCUT2D eigenvalue weighted by atomic mass is 127. The first-order valence-electron chi connectivity index (χ1n) is 3.41. The van der Waals surface area contributed by atoms with Crippen LogP contribution in [-0.4, -0.2) is 7.37 Å². The zero-order valence-corrected chi connectivity index (χ0v) is 9.63. The second-order valence-corrected chi connectivity index (χ2v) is 6.48. The van der Waals surface area contributed by atoms with E-state index in [0.717, 1.165) is 6.04 Å². The van der Waals surface area contributed by atoms with Gasteiger partial charge in [-0.05, 0) is 12.8 Å². The number of rotatable bonds is 1. The minimum absolute atomic E-state index is 0.861. The van der Waals surface area contributed by atoms with Crippen molar-refractivity contribution in [1.82, 2.24) is 1.33 Å². The van der Waals surface area contributed by atoms with E-state index in [9.17, 15) is 0 Å². The Kier molecular flexibility index (Phi) is 4.10. The Balaban J connectivity index is 2.23. The molecule has 0 aliphatic heterocycles. The molecule has 0 amide bonds. The van der Waals surface area contributed by atoms with E-state index in [1.165, 1.54) is 32.1 Å². The predicted molar refractivity (Wildman–Crippen MR) is 56.8 cm³/mol. The van der Waals surface area contributed by atoms with Crippen molar-refractivity contribution in [2.75, 3.05) is 0 Å². The fraction of sp³-hybridized carbons (Fsp3) is 1.00. The second-order valence-electron chi connectivity index (χ2n) is 2.55. The zero-order chi connectivity index (χ0) is 6.69. The van der Waals surface area contributed by atoms with Crippen LogP contribution in [0.25, 0.3) is 0 Å². The summed E-state index contributed by atoms with van der Waals surface area (Å²) >= 11 is 4.76. The number of hydrogen-bond donors (Lipinski definition) is 0. The highest BCUT2D eigenvalue weighted by Gasteiger charge is 2.16. The third kappa shape index (κ3) is 2.88. The van der Waals surface area contributed by atoms with Gasteiger partial charge >= 0.3 is 0 Å². The van der Waals surface area contributed by atoms with Crippen LogP contribution in [0, 0.1) is 0 Å². The van der Waals surface area contributed by atoms with E-state index in [0.29, 0.717) is 0 Å². The lowest BCUT2D eigenvalue weighted by Crippen LogP contribution is -2.20. The molecule has 0 aromatic rings. The van der Waals surface area contributed by atoms with Gasteiger partial charge in [-0.15, -0.1) is 0 Å². The van der Waals surface area contributed by atoms with Gasteiger partial charge in [-0.3, -0.25) is 0 Å². The Morgan fingerprint density at radius 1 is 1.00 bits per heavy atom. The average molecular weight is 351 g/mol. The van der Waals surface area contributed by atoms with Crippen LogP contribution in [0.1, 0.15) is 32.1 Å². The molecule has 1 nitrogen and oxygen atoms in total. The van der Waals surface area contributed by atoms with Gasteiger partial charge in [0.15, 0.2) is 0 Å². The summed E-state index contributed by atoms with van der Waals surface area (Å²) in [6, 6.07) is 0.861. The van der Waals surface area contributed by atoms with Crippen molar-refractivity contribution in [2.24, 2.45) is 0 Å². The molecule has 0 aromatic heterocycles. The number of halogens is 2. The number of hydrogen-bond acceptors (Lipinski definition) is 1. The van der Waals surface area contributed by atoms with Crippen LogP contribution in [0.3, 0.4) is 0 Å². The van der Waals surface area contributed by atoms with Gasteiger partial charge in [-0.1, -0.05) is 19.3 Å². The summed E-state index contributed by atoms with van der Waals surface area (Å²) in [5.41, 5.74) is 0. The molecule has 0 heterocycles. The molecule has 0 spiro atoms. The molecular formula is C6H11I2N. The molecule has 0 aromatic carbocycles. The third-order valence-electron chi connectivity index (χ3n) is 1.85. The average Bonchev–Trinajstić information content (AvgIpc) is 1.90. The molecular weight excluding hydrogens is 340 g/mol. The van der Waals surface area contributed by atoms with Gasteiger partial charge in [0.2, 0.25) is 0 Å². The Labute approximate surface area is 84.6 Å². The SMILES string of the molecule is IN(I)C1CCCCC1. The maximum absolute atomic E-state index is 2.38. The summed E-state index contributed by atoms with van der Waals surface area (Å²) in [7, 11) is 0. The van der Waals surface area contributed by atoms with E-state index < -0.39 is 0 Å². The summed E-state index contributed by atoms with van der Waals surface area (Å²) in [5.74, 6) is 0. The van der Waals surface area contributed by atoms with Crippen molar-refractivity contribution >= 4 is 45.7 Å². The van der Waals surface area contributed by atoms with Gasteiger partial charge in [0.1, 0.15) is 0 Å². The smallest absolute Gasteiger partial charge is 0.0311 e. The predicted octanol–water partition coefficient (Wildman–Crippen LogP) is 3.32. The molecule has 0 radical (unpaired) electrons. The summed E-state index contributed by atoms with van der Waals surface area (Å²) in [6.07, 6.45) is 7.15. The molecule has 0 bridgehead atoms. The Morgan fingerprint density at radius 2 is 1.56 bits per heavy atom. The molecule has 9 heavy (non-hydrogen) atoms. The number of nitrogens with zero attached hydrogens (tertiary/aromatic N) is 1. The van der Waals surface area contributed by atoms with Crippen molar-refractivity contribution in [3.63, 3.8) is 0 Å². The van der Waals surface area contributed by atoms with E-state index in [4.69, 9.17) is 0 Å². The molecule has 3 heteroatoms. The fourth-order valence-corrected chi connectivity index (χ4v) is 2.39. The van der Waals surface area contributed by atoms with Gasteiger partial charge in [0, 0.05) is 51.8 Å². The van der Waals surface area contributed by atoms with E-state index >= 15 is 0 Å². The van der Waals surface area contributed by atoms with Crippen molar-refractivity contribution in [3.05, 3.63) is 0 Å². The minimum Gasteiger partial charge on any atom is -0.185 e. The minimum atomic E-state index is 0.861. The maximum Gasteiger partial charge on any atom is 0.0311 e. The van der Waals surface area contributed by atoms with Gasteiger partial charge in [-0.25, -0.2) is 0 Å². The molecule has 0 unspecified atom stereocenters. The largest absolute Gasteiger partial charge is 0.185 e. The quantitative estimate of drug-likeness (QED) is 0.518. The van der Waals surface area contributed by atoms with Crippen LogP contribution in [0.15, 0.2) is 0 Å². The standard InChI is InChI=1S/C6H11I2N/c7-9(8)6-4-2-1-3-5-6/h6H,1-5H2. The normalized spacial score (nSPS) is 23.0. The van der Waals surface area contributed by atoms with Crippen LogP contribution in [0.4, 0.5) is 0 Å². The molecule has 1 saturated carbocycles. The molecule has 0 saturated heterocycles. The lowest BCUT2D eigenvalue weighted by atomic mass is 9.97. The topological polar surface area (TPSA) is 3.24 Å². The third-order valence-corrected chi connectivity index (χ3v) is 3.43. The Morgan fingerprint density at radius 3 is 1.89 bits per heavy atom. The summed E-state index contributed by atoms with van der Waals surface area (Å²) in [4.78, 5) is 0. The Hall–Kier alpha value is 1.42. The highest BCUT2D eigenvalue weighted by molar-refractivity contribution is 14.2. The second kappa shape index (κ2) is 4.33.